The molecule has 3 nitrogen and oxygen atoms in total. The van der Waals surface area contributed by atoms with Gasteiger partial charge in [0.2, 0.25) is 0 Å². The molecule has 5 heteroatoms. The molecule has 1 N–H and O–H groups in total. The lowest BCUT2D eigenvalue weighted by Gasteiger charge is -2.10. The van der Waals surface area contributed by atoms with E-state index < -0.39 is 0 Å². The third-order valence-corrected chi connectivity index (χ3v) is 3.69. The zero-order valence-corrected chi connectivity index (χ0v) is 12.8. The van der Waals surface area contributed by atoms with E-state index in [0.29, 0.717) is 28.5 Å². The van der Waals surface area contributed by atoms with E-state index in [4.69, 9.17) is 21.4 Å². The maximum Gasteiger partial charge on any atom is 0.150 e. The predicted molar refractivity (Wildman–Crippen MR) is 81.2 cm³/mol. The van der Waals surface area contributed by atoms with Gasteiger partial charge in [0.25, 0.3) is 0 Å². The van der Waals surface area contributed by atoms with Crippen molar-refractivity contribution in [3.05, 3.63) is 62.6 Å². The van der Waals surface area contributed by atoms with Crippen molar-refractivity contribution in [2.45, 2.75) is 13.2 Å². The van der Waals surface area contributed by atoms with Gasteiger partial charge in [-0.2, -0.15) is 0 Å². The number of carbonyl (C=O) groups is 1. The molecule has 104 valence electrons. The molecule has 0 spiro atoms. The Bertz CT molecular complexity index is 629. The maximum absolute atomic E-state index is 10.8. The highest BCUT2D eigenvalue weighted by Gasteiger charge is 2.04. The quantitative estimate of drug-likeness (QED) is 0.825. The fraction of sp³-hybridized carbons (Fsp3) is 0.133. The minimum absolute atomic E-state index is 0.136. The van der Waals surface area contributed by atoms with Gasteiger partial charge in [0.05, 0.1) is 6.61 Å². The van der Waals surface area contributed by atoms with Crippen LogP contribution in [0.5, 0.6) is 5.75 Å². The molecule has 20 heavy (non-hydrogen) atoms. The molecule has 0 bridgehead atoms. The fourth-order valence-electron chi connectivity index (χ4n) is 1.73. The van der Waals surface area contributed by atoms with Crippen molar-refractivity contribution in [1.82, 2.24) is 0 Å². The normalized spacial score (nSPS) is 10.3. The third kappa shape index (κ3) is 3.82. The topological polar surface area (TPSA) is 46.5 Å². The van der Waals surface area contributed by atoms with Crippen molar-refractivity contribution in [2.24, 2.45) is 0 Å². The Kier molecular flexibility index (Phi) is 5.17. The molecule has 0 amide bonds. The van der Waals surface area contributed by atoms with E-state index in [9.17, 15) is 4.79 Å². The lowest BCUT2D eigenvalue weighted by molar-refractivity contribution is 0.112. The van der Waals surface area contributed by atoms with Gasteiger partial charge in [-0.1, -0.05) is 33.6 Å². The van der Waals surface area contributed by atoms with E-state index in [2.05, 4.69) is 15.9 Å². The molecule has 0 aliphatic rings. The summed E-state index contributed by atoms with van der Waals surface area (Å²) in [4.78, 5) is 10.8. The monoisotopic (exact) mass is 354 g/mol. The van der Waals surface area contributed by atoms with Crippen LogP contribution >= 0.6 is 27.5 Å². The molecule has 0 saturated heterocycles. The van der Waals surface area contributed by atoms with Crippen molar-refractivity contribution >= 4 is 33.8 Å². The number of ether oxygens (including phenoxy) is 1. The largest absolute Gasteiger partial charge is 0.489 e. The number of hydrogen-bond acceptors (Lipinski definition) is 3. The van der Waals surface area contributed by atoms with Gasteiger partial charge < -0.3 is 9.84 Å². The van der Waals surface area contributed by atoms with Crippen molar-refractivity contribution in [2.75, 3.05) is 0 Å². The first-order valence-corrected chi connectivity index (χ1v) is 7.06. The Morgan fingerprint density at radius 1 is 1.25 bits per heavy atom. The number of aliphatic hydroxyl groups excluding tert-OH is 1. The SMILES string of the molecule is O=Cc1cc(CO)cc(OCc2ccc(Cl)cc2Br)c1. The summed E-state index contributed by atoms with van der Waals surface area (Å²) in [5.41, 5.74) is 2.05. The molecule has 0 aliphatic heterocycles. The third-order valence-electron chi connectivity index (χ3n) is 2.72. The van der Waals surface area contributed by atoms with E-state index >= 15 is 0 Å². The first-order chi connectivity index (χ1) is 9.62. The molecule has 2 rings (SSSR count). The highest BCUT2D eigenvalue weighted by molar-refractivity contribution is 9.10. The molecule has 0 aliphatic carbocycles. The van der Waals surface area contributed by atoms with E-state index in [1.807, 2.05) is 6.07 Å². The molecule has 0 heterocycles. The average molecular weight is 356 g/mol. The van der Waals surface area contributed by atoms with Gasteiger partial charge in [0.15, 0.2) is 0 Å². The highest BCUT2D eigenvalue weighted by atomic mass is 79.9. The van der Waals surface area contributed by atoms with E-state index in [1.165, 1.54) is 0 Å². The first kappa shape index (κ1) is 15.0. The lowest BCUT2D eigenvalue weighted by atomic mass is 10.1. The molecule has 0 saturated carbocycles. The second-order valence-electron chi connectivity index (χ2n) is 4.21. The van der Waals surface area contributed by atoms with Gasteiger partial charge in [0, 0.05) is 20.6 Å². The zero-order chi connectivity index (χ0) is 14.5. The molecule has 0 atom stereocenters. The molecule has 0 aromatic heterocycles. The minimum atomic E-state index is -0.136. The summed E-state index contributed by atoms with van der Waals surface area (Å²) in [5, 5.41) is 9.79. The van der Waals surface area contributed by atoms with Gasteiger partial charge in [0.1, 0.15) is 18.6 Å². The maximum atomic E-state index is 10.8. The average Bonchev–Trinajstić information content (AvgIpc) is 2.46. The van der Waals surface area contributed by atoms with Crippen LogP contribution in [-0.2, 0) is 13.2 Å². The van der Waals surface area contributed by atoms with Crippen LogP contribution in [0.2, 0.25) is 5.02 Å². The van der Waals surface area contributed by atoms with Crippen LogP contribution in [0.15, 0.2) is 40.9 Å². The standard InChI is InChI=1S/C15H12BrClO3/c16-15-6-13(17)2-1-12(15)9-20-14-4-10(7-18)3-11(5-14)8-19/h1-7,19H,8-9H2. The number of benzene rings is 2. The van der Waals surface area contributed by atoms with Crippen LogP contribution < -0.4 is 4.74 Å². The summed E-state index contributed by atoms with van der Waals surface area (Å²) in [6, 6.07) is 10.4. The number of rotatable bonds is 5. The van der Waals surface area contributed by atoms with Crippen molar-refractivity contribution in [3.8, 4) is 5.75 Å². The van der Waals surface area contributed by atoms with E-state index in [1.54, 1.807) is 30.3 Å². The first-order valence-electron chi connectivity index (χ1n) is 5.89. The number of carbonyl (C=O) groups excluding carboxylic acids is 1. The molecule has 0 unspecified atom stereocenters. The van der Waals surface area contributed by atoms with Crippen LogP contribution in [0.3, 0.4) is 0 Å². The summed E-state index contributed by atoms with van der Waals surface area (Å²) in [5.74, 6) is 0.542. The Labute approximate surface area is 130 Å². The number of hydrogen-bond donors (Lipinski definition) is 1. The smallest absolute Gasteiger partial charge is 0.150 e. The van der Waals surface area contributed by atoms with Gasteiger partial charge in [-0.05, 0) is 35.9 Å². The number of aliphatic hydroxyl groups is 1. The predicted octanol–water partition coefficient (Wildman–Crippen LogP) is 3.99. The Morgan fingerprint density at radius 3 is 2.70 bits per heavy atom. The second-order valence-corrected chi connectivity index (χ2v) is 5.50. The Balaban J connectivity index is 2.15. The van der Waals surface area contributed by atoms with Crippen molar-refractivity contribution in [1.29, 1.82) is 0 Å². The van der Waals surface area contributed by atoms with Gasteiger partial charge in [-0.3, -0.25) is 4.79 Å². The summed E-state index contributed by atoms with van der Waals surface area (Å²) in [6.45, 7) is 0.202. The highest BCUT2D eigenvalue weighted by Crippen LogP contribution is 2.24. The second kappa shape index (κ2) is 6.88. The summed E-state index contributed by atoms with van der Waals surface area (Å²) in [7, 11) is 0. The zero-order valence-electron chi connectivity index (χ0n) is 10.5. The summed E-state index contributed by atoms with van der Waals surface area (Å²) in [6.07, 6.45) is 0.726. The van der Waals surface area contributed by atoms with Crippen LogP contribution in [0, 0.1) is 0 Å². The van der Waals surface area contributed by atoms with Gasteiger partial charge in [-0.25, -0.2) is 0 Å². The van der Waals surface area contributed by atoms with Gasteiger partial charge in [-0.15, -0.1) is 0 Å². The van der Waals surface area contributed by atoms with Crippen molar-refractivity contribution in [3.63, 3.8) is 0 Å². The van der Waals surface area contributed by atoms with E-state index in [0.717, 1.165) is 16.3 Å². The fourth-order valence-corrected chi connectivity index (χ4v) is 2.53. The minimum Gasteiger partial charge on any atom is -0.489 e. The summed E-state index contributed by atoms with van der Waals surface area (Å²) >= 11 is 9.29. The molecular weight excluding hydrogens is 344 g/mol. The van der Waals surface area contributed by atoms with Crippen LogP contribution in [0.25, 0.3) is 0 Å². The van der Waals surface area contributed by atoms with Crippen LogP contribution in [-0.4, -0.2) is 11.4 Å². The van der Waals surface area contributed by atoms with Crippen LogP contribution in [0.4, 0.5) is 0 Å². The molecule has 0 radical (unpaired) electrons. The lowest BCUT2D eigenvalue weighted by Crippen LogP contribution is -1.98. The number of halogens is 2. The molecular formula is C15H12BrClO3. The number of aldehydes is 1. The Morgan fingerprint density at radius 2 is 2.05 bits per heavy atom. The molecule has 2 aromatic carbocycles. The van der Waals surface area contributed by atoms with Gasteiger partial charge >= 0.3 is 0 Å². The van der Waals surface area contributed by atoms with Crippen LogP contribution in [0.1, 0.15) is 21.5 Å². The van der Waals surface area contributed by atoms with E-state index in [-0.39, 0.29) is 6.61 Å². The molecule has 0 fully saturated rings. The van der Waals surface area contributed by atoms with Crippen molar-refractivity contribution < 1.29 is 14.6 Å². The Hall–Kier alpha value is -1.36. The molecule has 2 aromatic rings. The summed E-state index contributed by atoms with van der Waals surface area (Å²) < 4.78 is 6.51.